The van der Waals surface area contributed by atoms with Gasteiger partial charge in [-0.05, 0) is 29.8 Å². The topological polar surface area (TPSA) is 52.0 Å². The summed E-state index contributed by atoms with van der Waals surface area (Å²) in [5, 5.41) is 0.893. The van der Waals surface area contributed by atoms with Gasteiger partial charge in [0.05, 0.1) is 11.9 Å². The average molecular weight is 305 g/mol. The second-order valence-electron chi connectivity index (χ2n) is 4.24. The largest absolute Gasteiger partial charge is 0.310 e. The van der Waals surface area contributed by atoms with Crippen LogP contribution in [0, 0.1) is 0 Å². The smallest absolute Gasteiger partial charge is 0.269 e. The summed E-state index contributed by atoms with van der Waals surface area (Å²) < 4.78 is 1.92. The summed E-state index contributed by atoms with van der Waals surface area (Å²) in [7, 11) is 0. The molecule has 0 unspecified atom stereocenters. The number of benzene rings is 1. The Morgan fingerprint density at radius 2 is 2.00 bits per heavy atom. The molecular weight excluding hydrogens is 296 g/mol. The minimum absolute atomic E-state index is 0.196. The summed E-state index contributed by atoms with van der Waals surface area (Å²) in [6.07, 6.45) is 1.55. The maximum Gasteiger partial charge on any atom is 0.310 e. The highest BCUT2D eigenvalue weighted by molar-refractivity contribution is 7.16. The average Bonchev–Trinajstić information content (AvgIpc) is 2.43. The van der Waals surface area contributed by atoms with Gasteiger partial charge in [0.15, 0.2) is 0 Å². The first-order valence-corrected chi connectivity index (χ1v) is 7.08. The molecule has 0 atom stereocenters. The molecule has 0 saturated heterocycles. The Morgan fingerprint density at radius 3 is 2.80 bits per heavy atom. The monoisotopic (exact) mass is 304 g/mol. The predicted octanol–water partition coefficient (Wildman–Crippen LogP) is 2.52. The lowest BCUT2D eigenvalue weighted by Gasteiger charge is -2.05. The van der Waals surface area contributed by atoms with E-state index in [1.807, 2.05) is 6.07 Å². The summed E-state index contributed by atoms with van der Waals surface area (Å²) in [5.74, 6) is 0. The highest BCUT2D eigenvalue weighted by atomic mass is 35.5. The van der Waals surface area contributed by atoms with E-state index < -0.39 is 0 Å². The van der Waals surface area contributed by atoms with Crippen LogP contribution in [0.5, 0.6) is 0 Å². The van der Waals surface area contributed by atoms with Gasteiger partial charge < -0.3 is 0 Å². The van der Waals surface area contributed by atoms with Crippen LogP contribution in [0.3, 0.4) is 0 Å². The number of rotatable bonds is 2. The zero-order valence-corrected chi connectivity index (χ0v) is 11.8. The first-order chi connectivity index (χ1) is 9.65. The third-order valence-corrected chi connectivity index (χ3v) is 4.09. The molecule has 0 aliphatic rings. The maximum atomic E-state index is 12.4. The molecule has 3 aromatic rings. The molecule has 0 spiro atoms. The highest BCUT2D eigenvalue weighted by Crippen LogP contribution is 2.12. The number of nitrogens with zero attached hydrogens (tertiary/aromatic N) is 2. The molecule has 6 heteroatoms. The van der Waals surface area contributed by atoms with Gasteiger partial charge in [-0.15, -0.1) is 0 Å². The molecule has 0 aliphatic carbocycles. The summed E-state index contributed by atoms with van der Waals surface area (Å²) in [5.41, 5.74) is 0.490. The van der Waals surface area contributed by atoms with Gasteiger partial charge in [-0.3, -0.25) is 14.2 Å². The van der Waals surface area contributed by atoms with E-state index in [2.05, 4.69) is 4.98 Å². The number of hydrogen-bond donors (Lipinski definition) is 0. The van der Waals surface area contributed by atoms with Crippen LogP contribution in [0.1, 0.15) is 5.56 Å². The normalized spacial score (nSPS) is 10.8. The Balaban J connectivity index is 2.17. The zero-order chi connectivity index (χ0) is 14.1. The number of halogens is 1. The quantitative estimate of drug-likeness (QED) is 0.684. The van der Waals surface area contributed by atoms with Crippen molar-refractivity contribution in [3.8, 4) is 0 Å². The van der Waals surface area contributed by atoms with Crippen molar-refractivity contribution in [2.45, 2.75) is 6.54 Å². The van der Waals surface area contributed by atoms with Gasteiger partial charge in [0.1, 0.15) is 5.15 Å². The molecular formula is C14H9ClN2O2S. The number of pyridine rings is 1. The molecule has 2 heterocycles. The highest BCUT2D eigenvalue weighted by Gasteiger charge is 2.08. The van der Waals surface area contributed by atoms with Gasteiger partial charge in [-0.1, -0.05) is 35.1 Å². The van der Waals surface area contributed by atoms with Crippen molar-refractivity contribution in [2.24, 2.45) is 0 Å². The van der Waals surface area contributed by atoms with E-state index in [-0.39, 0.29) is 17.0 Å². The van der Waals surface area contributed by atoms with Crippen molar-refractivity contribution < 1.29 is 0 Å². The molecule has 3 rings (SSSR count). The fourth-order valence-electron chi connectivity index (χ4n) is 1.97. The Hall–Kier alpha value is -1.98. The molecule has 20 heavy (non-hydrogen) atoms. The lowest BCUT2D eigenvalue weighted by Crippen LogP contribution is -2.31. The minimum Gasteiger partial charge on any atom is -0.269 e. The molecule has 0 radical (unpaired) electrons. The van der Waals surface area contributed by atoms with Gasteiger partial charge in [-0.25, -0.2) is 4.98 Å². The first-order valence-electron chi connectivity index (χ1n) is 5.88. The van der Waals surface area contributed by atoms with Crippen LogP contribution in [0.15, 0.2) is 52.2 Å². The Bertz CT molecular complexity index is 901. The molecule has 0 fully saturated rings. The lowest BCUT2D eigenvalue weighted by molar-refractivity contribution is 0.751. The van der Waals surface area contributed by atoms with E-state index >= 15 is 0 Å². The molecule has 1 aromatic carbocycles. The summed E-state index contributed by atoms with van der Waals surface area (Å²) in [6, 6.07) is 10.5. The van der Waals surface area contributed by atoms with Gasteiger partial charge in [-0.2, -0.15) is 0 Å². The number of fused-ring (bicyclic) bond motifs is 1. The van der Waals surface area contributed by atoms with Crippen LogP contribution < -0.4 is 10.4 Å². The van der Waals surface area contributed by atoms with Crippen LogP contribution in [-0.2, 0) is 6.54 Å². The lowest BCUT2D eigenvalue weighted by atomic mass is 10.2. The third-order valence-electron chi connectivity index (χ3n) is 2.91. The fraction of sp³-hybridized carbons (Fsp3) is 0.0714. The van der Waals surface area contributed by atoms with Gasteiger partial charge >= 0.3 is 4.87 Å². The molecule has 100 valence electrons. The van der Waals surface area contributed by atoms with E-state index in [1.165, 1.54) is 4.57 Å². The van der Waals surface area contributed by atoms with Crippen LogP contribution >= 0.6 is 22.9 Å². The van der Waals surface area contributed by atoms with Crippen molar-refractivity contribution in [2.75, 3.05) is 0 Å². The predicted molar refractivity (Wildman–Crippen MR) is 80.7 cm³/mol. The molecule has 0 bridgehead atoms. The van der Waals surface area contributed by atoms with Crippen LogP contribution in [0.2, 0.25) is 5.15 Å². The minimum atomic E-state index is -0.280. The van der Waals surface area contributed by atoms with Crippen molar-refractivity contribution >= 4 is 33.0 Å². The molecule has 0 saturated carbocycles. The second kappa shape index (κ2) is 5.19. The van der Waals surface area contributed by atoms with E-state index in [1.54, 1.807) is 36.5 Å². The van der Waals surface area contributed by atoms with E-state index in [0.717, 1.165) is 16.9 Å². The van der Waals surface area contributed by atoms with Gasteiger partial charge in [0, 0.05) is 10.9 Å². The van der Waals surface area contributed by atoms with Gasteiger partial charge in [0.25, 0.3) is 5.56 Å². The number of aromatic nitrogens is 2. The third kappa shape index (κ3) is 2.37. The van der Waals surface area contributed by atoms with Crippen molar-refractivity contribution in [3.05, 3.63) is 73.3 Å². The summed E-state index contributed by atoms with van der Waals surface area (Å²) >= 11 is 6.88. The molecule has 0 N–H and O–H groups in total. The summed E-state index contributed by atoms with van der Waals surface area (Å²) in [4.78, 5) is 28.0. The van der Waals surface area contributed by atoms with Crippen LogP contribution in [0.25, 0.3) is 10.1 Å². The Labute approximate surface area is 122 Å². The Kier molecular flexibility index (Phi) is 3.38. The van der Waals surface area contributed by atoms with Crippen LogP contribution in [0.4, 0.5) is 0 Å². The summed E-state index contributed by atoms with van der Waals surface area (Å²) in [6.45, 7) is 0.196. The molecule has 0 aliphatic heterocycles. The second-order valence-corrected chi connectivity index (χ2v) is 5.62. The van der Waals surface area contributed by atoms with E-state index in [0.29, 0.717) is 15.2 Å². The molecule has 4 nitrogen and oxygen atoms in total. The van der Waals surface area contributed by atoms with Crippen LogP contribution in [-0.4, -0.2) is 9.55 Å². The molecule has 0 amide bonds. The van der Waals surface area contributed by atoms with Crippen molar-refractivity contribution in [1.82, 2.24) is 9.55 Å². The number of hydrogen-bond acceptors (Lipinski definition) is 4. The van der Waals surface area contributed by atoms with Crippen molar-refractivity contribution in [3.63, 3.8) is 0 Å². The maximum absolute atomic E-state index is 12.4. The fourth-order valence-corrected chi connectivity index (χ4v) is 3.02. The zero-order valence-electron chi connectivity index (χ0n) is 10.2. The standard InChI is InChI=1S/C14H9ClN2O2S/c15-12-7-9(5-6-16-12)8-17-13(18)10-3-1-2-4-11(10)20-14(17)19/h1-7H,8H2. The van der Waals surface area contributed by atoms with Gasteiger partial charge in [0.2, 0.25) is 0 Å². The Morgan fingerprint density at radius 1 is 1.20 bits per heavy atom. The van der Waals surface area contributed by atoms with E-state index in [9.17, 15) is 9.59 Å². The SMILES string of the molecule is O=c1sc2ccccc2c(=O)n1Cc1ccnc(Cl)c1. The molecule has 2 aromatic heterocycles. The van der Waals surface area contributed by atoms with Crippen molar-refractivity contribution in [1.29, 1.82) is 0 Å². The van der Waals surface area contributed by atoms with E-state index in [4.69, 9.17) is 11.6 Å². The first kappa shape index (κ1) is 13.0.